The van der Waals surface area contributed by atoms with Crippen molar-refractivity contribution in [3.8, 4) is 0 Å². The standard InChI is InChI=1S/C64HF12N/c65-61(66,67)55-41-31-21-11-6-1-2-4-5-3(1)8-14-12(6)22(21)32-34-24(14)26-16(8)18-10(5)20-19-9(4)17-15-7(2)13(11)23-25(15)35-37-27(17)29(19)39-40-30(20)28(18)38-36(26)46-44(34)56(42(32)41,62(68,69)70)52-51(55)53-57(63(71,72)73,45(35)43(55)33(23)31)47(37)49(39)59-50(40)48(38)58(46,64(74,75)76)54(52)60(53,59)77-59/h77H. The van der Waals surface area contributed by atoms with Gasteiger partial charge in [0.15, 0.2) is 0 Å². The average molecular weight is 1010 g/mol. The van der Waals surface area contributed by atoms with Crippen molar-refractivity contribution in [1.29, 1.82) is 0 Å². The van der Waals surface area contributed by atoms with Crippen LogP contribution in [-0.4, -0.2) is 30.2 Å². The van der Waals surface area contributed by atoms with E-state index in [0.29, 0.717) is 97.0 Å². The molecule has 77 heavy (non-hydrogen) atoms. The van der Waals surface area contributed by atoms with Crippen molar-refractivity contribution in [2.45, 2.75) is 57.4 Å². The second-order valence-corrected chi connectivity index (χ2v) is 26.9. The van der Waals surface area contributed by atoms with Gasteiger partial charge in [-0.2, -0.15) is 52.7 Å². The number of alkyl halides is 12. The van der Waals surface area contributed by atoms with E-state index in [0.717, 1.165) is 75.4 Å². The average Bonchev–Trinajstić information content (AvgIpc) is 1.37. The van der Waals surface area contributed by atoms with E-state index < -0.39 is 113 Å². The summed E-state index contributed by atoms with van der Waals surface area (Å²) >= 11 is 0. The van der Waals surface area contributed by atoms with Crippen LogP contribution in [0.15, 0.2) is 22.3 Å². The monoisotopic (exact) mass is 1010 g/mol. The lowest BCUT2D eigenvalue weighted by atomic mass is 9.46. The van der Waals surface area contributed by atoms with Crippen LogP contribution in [0.2, 0.25) is 0 Å². The van der Waals surface area contributed by atoms with E-state index in [1.807, 2.05) is 0 Å². The van der Waals surface area contributed by atoms with Crippen LogP contribution < -0.4 is 5.32 Å². The fraction of sp³-hybridized carbons (Fsp3) is 0.156. The van der Waals surface area contributed by atoms with Crippen molar-refractivity contribution >= 4 is 215 Å². The zero-order chi connectivity index (χ0) is 48.9. The van der Waals surface area contributed by atoms with Gasteiger partial charge in [0.25, 0.3) is 0 Å². The number of allylic oxidation sites excluding steroid dienone is 2. The van der Waals surface area contributed by atoms with Gasteiger partial charge in [0.2, 0.25) is 0 Å². The summed E-state index contributed by atoms with van der Waals surface area (Å²) in [7, 11) is 0. The Morgan fingerprint density at radius 2 is 0.338 bits per heavy atom. The van der Waals surface area contributed by atoms with Gasteiger partial charge in [-0.05, 0) is 293 Å². The first kappa shape index (κ1) is 32.0. The maximum atomic E-state index is 18.9. The molecule has 1 nitrogen and oxygen atoms in total. The van der Waals surface area contributed by atoms with Crippen molar-refractivity contribution in [3.05, 3.63) is 77.9 Å². The lowest BCUT2D eigenvalue weighted by Gasteiger charge is -2.56. The first-order chi connectivity index (χ1) is 36.9. The predicted molar refractivity (Wildman–Crippen MR) is 266 cm³/mol. The second-order valence-electron chi connectivity index (χ2n) is 26.9. The van der Waals surface area contributed by atoms with Crippen molar-refractivity contribution in [1.82, 2.24) is 5.32 Å². The summed E-state index contributed by atoms with van der Waals surface area (Å²) in [5, 5.41) is 25.0. The summed E-state index contributed by atoms with van der Waals surface area (Å²) in [5.41, 5.74) is -28.0. The zero-order valence-electron chi connectivity index (χ0n) is 37.0. The summed E-state index contributed by atoms with van der Waals surface area (Å²) in [5.74, 6) is 0. The molecule has 12 aliphatic rings. The Hall–Kier alpha value is -7.90. The van der Waals surface area contributed by atoms with E-state index >= 15 is 52.7 Å². The van der Waals surface area contributed by atoms with E-state index in [4.69, 9.17) is 0 Å². The van der Waals surface area contributed by atoms with Gasteiger partial charge >= 0.3 is 24.7 Å². The topological polar surface area (TPSA) is 21.9 Å². The highest BCUT2D eigenvalue weighted by atomic mass is 19.4. The van der Waals surface area contributed by atoms with Gasteiger partial charge in [-0.25, -0.2) is 0 Å². The Morgan fingerprint density at radius 3 is 0.532 bits per heavy atom. The van der Waals surface area contributed by atoms with Crippen LogP contribution in [0.3, 0.4) is 0 Å². The highest BCUT2D eigenvalue weighted by molar-refractivity contribution is 6.77. The van der Waals surface area contributed by atoms with E-state index in [2.05, 4.69) is 5.32 Å². The van der Waals surface area contributed by atoms with Gasteiger partial charge in [0.1, 0.15) is 21.7 Å². The minimum Gasteiger partial charge on any atom is -0.286 e. The normalized spacial score (nSPS) is 31.8. The molecule has 1 N–H and O–H groups in total. The van der Waals surface area contributed by atoms with Crippen molar-refractivity contribution in [2.75, 3.05) is 0 Å². The summed E-state index contributed by atoms with van der Waals surface area (Å²) in [4.78, 5) is 0. The molecular weight excluding hydrogens is 1010 g/mol. The zero-order valence-corrected chi connectivity index (χ0v) is 37.0. The molecular formula is C64HF12N. The molecule has 0 bridgehead atoms. The Labute approximate surface area is 407 Å². The highest BCUT2D eigenvalue weighted by Crippen LogP contribution is 2.96. The Kier molecular flexibility index (Phi) is 2.75. The molecule has 1 saturated heterocycles. The van der Waals surface area contributed by atoms with Crippen LogP contribution >= 0.6 is 0 Å². The van der Waals surface area contributed by atoms with Crippen molar-refractivity contribution in [2.24, 2.45) is 0 Å². The van der Waals surface area contributed by atoms with Crippen LogP contribution in [0.5, 0.6) is 0 Å². The lowest BCUT2D eigenvalue weighted by molar-refractivity contribution is -0.189. The molecule has 1 heterocycles. The van der Waals surface area contributed by atoms with Gasteiger partial charge in [0.05, 0.1) is 11.1 Å². The number of rotatable bonds is 0. The summed E-state index contributed by atoms with van der Waals surface area (Å²) in [6, 6.07) is 0. The number of halogens is 12. The van der Waals surface area contributed by atoms with Crippen LogP contribution in [0, 0.1) is 0 Å². The van der Waals surface area contributed by atoms with Crippen molar-refractivity contribution in [3.63, 3.8) is 0 Å². The Bertz CT molecular complexity index is 6820. The van der Waals surface area contributed by atoms with Gasteiger partial charge in [-0.15, -0.1) is 0 Å². The molecule has 4 unspecified atom stereocenters. The van der Waals surface area contributed by atoms with Gasteiger partial charge in [0, 0.05) is 0 Å². The summed E-state index contributed by atoms with van der Waals surface area (Å²) in [6.07, 6.45) is -22.5. The lowest BCUT2D eigenvalue weighted by Crippen LogP contribution is -2.61. The minimum atomic E-state index is -5.67. The number of benzene rings is 15. The van der Waals surface area contributed by atoms with E-state index in [-0.39, 0.29) is 65.3 Å². The predicted octanol–water partition coefficient (Wildman–Crippen LogP) is 16.8. The summed E-state index contributed by atoms with van der Waals surface area (Å²) < 4.78 is 227. The van der Waals surface area contributed by atoms with Crippen LogP contribution in [0.4, 0.5) is 52.7 Å². The molecule has 0 saturated carbocycles. The summed E-state index contributed by atoms with van der Waals surface area (Å²) in [6.45, 7) is 0. The fourth-order valence-corrected chi connectivity index (χ4v) is 27.0. The molecule has 11 aliphatic carbocycles. The molecule has 4 atom stereocenters. The molecule has 0 radical (unpaired) electrons. The molecule has 0 amide bonds. The van der Waals surface area contributed by atoms with E-state index in [9.17, 15) is 0 Å². The fourth-order valence-electron chi connectivity index (χ4n) is 27.0. The van der Waals surface area contributed by atoms with E-state index in [1.165, 1.54) is 0 Å². The number of hydrogen-bond acceptors (Lipinski definition) is 1. The second kappa shape index (κ2) is 6.63. The molecule has 21 aromatic carbocycles. The first-order valence-corrected chi connectivity index (χ1v) is 26.3. The molecule has 13 heteroatoms. The quantitative estimate of drug-likeness (QED) is 0.0913. The van der Waals surface area contributed by atoms with Gasteiger partial charge in [-0.1, -0.05) is 0 Å². The highest BCUT2D eigenvalue weighted by Gasteiger charge is 2.98. The molecule has 1 fully saturated rings. The molecule has 1 aliphatic heterocycles. The SMILES string of the molecule is FC(F)(F)C12C3=C4C5=C6C37NC73c7c1c1c8c2c2c9c%10c(c%11c%12c%13c(c%14c%15c%16c(c3c3c7c7c1c1c%17c8c9c8c9c%10c%12c%10c%12c%13c%15c%13c%15c%16c3c3c7c1c1c(c3%15)c(c%13%12)c(c9%10)c1c%178)C6%14C(F)(F)F)C5%11C(F)(F)F)C42C(F)(F)F. The smallest absolute Gasteiger partial charge is 0.286 e. The van der Waals surface area contributed by atoms with Gasteiger partial charge in [-0.3, -0.25) is 5.32 Å². The maximum Gasteiger partial charge on any atom is 0.406 e. The third-order valence-corrected chi connectivity index (χ3v) is 26.8. The first-order valence-electron chi connectivity index (χ1n) is 26.3. The number of nitrogens with one attached hydrogen (secondary N) is 1. The third kappa shape index (κ3) is 1.62. The van der Waals surface area contributed by atoms with Gasteiger partial charge < -0.3 is 0 Å². The minimum absolute atomic E-state index is 0.0650. The Balaban J connectivity index is 1.17. The Morgan fingerprint density at radius 1 is 0.182 bits per heavy atom. The van der Waals surface area contributed by atoms with Crippen LogP contribution in [0.1, 0.15) is 55.6 Å². The van der Waals surface area contributed by atoms with E-state index in [1.54, 1.807) is 0 Å². The number of hydrogen-bond donors (Lipinski definition) is 1. The van der Waals surface area contributed by atoms with Crippen LogP contribution in [0.25, 0.3) is 215 Å². The van der Waals surface area contributed by atoms with Crippen LogP contribution in [-0.2, 0) is 27.2 Å². The molecule has 0 aromatic heterocycles. The third-order valence-electron chi connectivity index (χ3n) is 26.8. The molecule has 2 spiro atoms. The molecule has 33 rings (SSSR count). The maximum absolute atomic E-state index is 18.9. The van der Waals surface area contributed by atoms with Crippen molar-refractivity contribution < 1.29 is 52.7 Å². The largest absolute Gasteiger partial charge is 0.406 e. The molecule has 346 valence electrons. The molecule has 21 aromatic rings.